The first-order valence-electron chi connectivity index (χ1n) is 8.80. The van der Waals surface area contributed by atoms with Crippen LogP contribution in [0, 0.1) is 17.0 Å². The lowest BCUT2D eigenvalue weighted by molar-refractivity contribution is -0.384. The molecule has 1 amide bonds. The quantitative estimate of drug-likeness (QED) is 0.608. The van der Waals surface area contributed by atoms with Crippen molar-refractivity contribution in [1.29, 1.82) is 0 Å². The van der Waals surface area contributed by atoms with Gasteiger partial charge in [0.05, 0.1) is 4.92 Å². The van der Waals surface area contributed by atoms with Crippen molar-refractivity contribution in [2.24, 2.45) is 5.73 Å². The van der Waals surface area contributed by atoms with Gasteiger partial charge in [-0.25, -0.2) is 4.68 Å². The molecule has 0 aliphatic carbocycles. The van der Waals surface area contributed by atoms with Gasteiger partial charge in [-0.15, -0.1) is 12.4 Å². The smallest absolute Gasteiger partial charge is 0.294 e. The number of nitrogens with two attached hydrogens (primary N) is 1. The summed E-state index contributed by atoms with van der Waals surface area (Å²) in [6, 6.07) is 7.21. The average molecular weight is 408 g/mol. The van der Waals surface area contributed by atoms with Gasteiger partial charge in [0.2, 0.25) is 5.43 Å². The zero-order valence-corrected chi connectivity index (χ0v) is 16.2. The highest BCUT2D eigenvalue weighted by atomic mass is 35.5. The third kappa shape index (κ3) is 4.05. The number of nitrogens with zero attached hydrogens (tertiary/aromatic N) is 4. The van der Waals surface area contributed by atoms with Gasteiger partial charge < -0.3 is 10.6 Å². The Morgan fingerprint density at radius 2 is 2.07 bits per heavy atom. The standard InChI is InChI=1S/C18H21N5O4.ClH/c1-12-10-16(24)17(18(25)21-9-5-4-6-13(21)11-19)20-22(12)14-7-2-3-8-15(14)23(26)27;/h2-3,7-8,10,13H,4-6,9,11,19H2,1H3;1H. The molecule has 1 fully saturated rings. The van der Waals surface area contributed by atoms with E-state index < -0.39 is 16.3 Å². The van der Waals surface area contributed by atoms with Crippen LogP contribution in [0.4, 0.5) is 5.69 Å². The number of nitro groups is 1. The Kier molecular flexibility index (Phi) is 6.87. The maximum absolute atomic E-state index is 13.0. The minimum absolute atomic E-state index is 0. The summed E-state index contributed by atoms with van der Waals surface area (Å²) in [7, 11) is 0. The van der Waals surface area contributed by atoms with Gasteiger partial charge in [-0.1, -0.05) is 12.1 Å². The summed E-state index contributed by atoms with van der Waals surface area (Å²) in [5, 5.41) is 15.5. The summed E-state index contributed by atoms with van der Waals surface area (Å²) < 4.78 is 1.27. The van der Waals surface area contributed by atoms with E-state index in [-0.39, 0.29) is 35.5 Å². The highest BCUT2D eigenvalue weighted by Gasteiger charge is 2.29. The first-order valence-corrected chi connectivity index (χ1v) is 8.80. The SMILES string of the molecule is Cc1cc(=O)c(C(=O)N2CCCCC2CN)nn1-c1ccccc1[N+](=O)[O-].Cl. The zero-order valence-electron chi connectivity index (χ0n) is 15.4. The number of rotatable bonds is 4. The van der Waals surface area contributed by atoms with Gasteiger partial charge in [-0.2, -0.15) is 5.10 Å². The van der Waals surface area contributed by atoms with Gasteiger partial charge in [0.15, 0.2) is 5.69 Å². The maximum Gasteiger partial charge on any atom is 0.294 e. The van der Waals surface area contributed by atoms with Gasteiger partial charge in [0.1, 0.15) is 5.69 Å². The summed E-state index contributed by atoms with van der Waals surface area (Å²) >= 11 is 0. The monoisotopic (exact) mass is 407 g/mol. The minimum Gasteiger partial charge on any atom is -0.333 e. The summed E-state index contributed by atoms with van der Waals surface area (Å²) in [6.45, 7) is 2.44. The molecule has 150 valence electrons. The fraction of sp³-hybridized carbons (Fsp3) is 0.389. The molecule has 1 aromatic carbocycles. The Morgan fingerprint density at radius 3 is 2.75 bits per heavy atom. The number of aromatic nitrogens is 2. The zero-order chi connectivity index (χ0) is 19.6. The van der Waals surface area contributed by atoms with Crippen LogP contribution in [0.5, 0.6) is 0 Å². The molecule has 1 atom stereocenters. The number of carbonyl (C=O) groups excluding carboxylic acids is 1. The lowest BCUT2D eigenvalue weighted by Gasteiger charge is -2.34. The van der Waals surface area contributed by atoms with E-state index in [1.165, 1.54) is 22.9 Å². The van der Waals surface area contributed by atoms with E-state index in [0.29, 0.717) is 18.8 Å². The molecule has 1 aromatic heterocycles. The van der Waals surface area contributed by atoms with Crippen LogP contribution in [0.25, 0.3) is 5.69 Å². The molecule has 28 heavy (non-hydrogen) atoms. The molecular formula is C18H22ClN5O4. The minimum atomic E-state index is -0.523. The maximum atomic E-state index is 13.0. The molecule has 0 radical (unpaired) electrons. The Morgan fingerprint density at radius 1 is 1.36 bits per heavy atom. The molecule has 1 aliphatic heterocycles. The molecule has 1 aliphatic rings. The van der Waals surface area contributed by atoms with Crippen LogP contribution in [0.3, 0.4) is 0 Å². The van der Waals surface area contributed by atoms with Crippen LogP contribution in [0.1, 0.15) is 35.4 Å². The highest BCUT2D eigenvalue weighted by Crippen LogP contribution is 2.23. The topological polar surface area (TPSA) is 124 Å². The molecule has 2 aromatic rings. The molecule has 0 bridgehead atoms. The second-order valence-corrected chi connectivity index (χ2v) is 6.54. The summed E-state index contributed by atoms with van der Waals surface area (Å²) in [6.07, 6.45) is 2.60. The highest BCUT2D eigenvalue weighted by molar-refractivity contribution is 5.92. The first kappa shape index (κ1) is 21.5. The lowest BCUT2D eigenvalue weighted by atomic mass is 10.0. The second kappa shape index (κ2) is 8.94. The van der Waals surface area contributed by atoms with Crippen molar-refractivity contribution in [3.8, 4) is 5.69 Å². The van der Waals surface area contributed by atoms with Gasteiger partial charge in [0, 0.05) is 37.0 Å². The Bertz CT molecular complexity index is 946. The van der Waals surface area contributed by atoms with Crippen molar-refractivity contribution in [1.82, 2.24) is 14.7 Å². The lowest BCUT2D eigenvalue weighted by Crippen LogP contribution is -2.49. The van der Waals surface area contributed by atoms with Crippen molar-refractivity contribution >= 4 is 24.0 Å². The van der Waals surface area contributed by atoms with Gasteiger partial charge in [-0.05, 0) is 32.3 Å². The van der Waals surface area contributed by atoms with Crippen LogP contribution in [0.15, 0.2) is 35.1 Å². The predicted octanol–water partition coefficient (Wildman–Crippen LogP) is 1.82. The van der Waals surface area contributed by atoms with Crippen LogP contribution in [-0.2, 0) is 0 Å². The molecule has 1 saturated heterocycles. The number of aryl methyl sites for hydroxylation is 1. The van der Waals surface area contributed by atoms with E-state index in [0.717, 1.165) is 19.3 Å². The van der Waals surface area contributed by atoms with E-state index in [2.05, 4.69) is 5.10 Å². The van der Waals surface area contributed by atoms with Crippen LogP contribution < -0.4 is 11.2 Å². The number of hydrogen-bond acceptors (Lipinski definition) is 6. The normalized spacial score (nSPS) is 16.4. The molecule has 10 heteroatoms. The van der Waals surface area contributed by atoms with Gasteiger partial charge >= 0.3 is 0 Å². The Hall–Kier alpha value is -2.78. The van der Waals surface area contributed by atoms with Crippen LogP contribution >= 0.6 is 12.4 Å². The number of piperidine rings is 1. The average Bonchev–Trinajstić information content (AvgIpc) is 2.67. The second-order valence-electron chi connectivity index (χ2n) is 6.54. The first-order chi connectivity index (χ1) is 12.9. The van der Waals surface area contributed by atoms with Gasteiger partial charge in [-0.3, -0.25) is 19.7 Å². The summed E-state index contributed by atoms with van der Waals surface area (Å²) in [5.74, 6) is -0.484. The van der Waals surface area contributed by atoms with E-state index in [4.69, 9.17) is 5.73 Å². The largest absolute Gasteiger partial charge is 0.333 e. The fourth-order valence-corrected chi connectivity index (χ4v) is 3.39. The fourth-order valence-electron chi connectivity index (χ4n) is 3.39. The number of hydrogen-bond donors (Lipinski definition) is 1. The molecule has 1 unspecified atom stereocenters. The number of carbonyl (C=O) groups is 1. The van der Waals surface area contributed by atoms with Crippen molar-refractivity contribution in [3.63, 3.8) is 0 Å². The molecule has 9 nitrogen and oxygen atoms in total. The van der Waals surface area contributed by atoms with Crippen LogP contribution in [-0.4, -0.2) is 44.6 Å². The van der Waals surface area contributed by atoms with E-state index in [1.807, 2.05) is 0 Å². The summed E-state index contributed by atoms with van der Waals surface area (Å²) in [4.78, 5) is 37.8. The van der Waals surface area contributed by atoms with E-state index in [1.54, 1.807) is 24.0 Å². The van der Waals surface area contributed by atoms with E-state index in [9.17, 15) is 19.7 Å². The molecule has 2 heterocycles. The summed E-state index contributed by atoms with van der Waals surface area (Å²) in [5.41, 5.74) is 5.46. The molecule has 0 saturated carbocycles. The Labute approximate surface area is 167 Å². The third-order valence-corrected chi connectivity index (χ3v) is 4.78. The number of benzene rings is 1. The number of halogens is 1. The van der Waals surface area contributed by atoms with Crippen molar-refractivity contribution < 1.29 is 9.72 Å². The van der Waals surface area contributed by atoms with Crippen LogP contribution in [0.2, 0.25) is 0 Å². The molecular weight excluding hydrogens is 386 g/mol. The molecule has 3 rings (SSSR count). The van der Waals surface area contributed by atoms with E-state index >= 15 is 0 Å². The molecule has 2 N–H and O–H groups in total. The number of para-hydroxylation sites is 2. The van der Waals surface area contributed by atoms with Crippen molar-refractivity contribution in [3.05, 3.63) is 62.1 Å². The molecule has 0 spiro atoms. The number of likely N-dealkylation sites (tertiary alicyclic amines) is 1. The number of amides is 1. The van der Waals surface area contributed by atoms with Gasteiger partial charge in [0.25, 0.3) is 11.6 Å². The third-order valence-electron chi connectivity index (χ3n) is 4.78. The van der Waals surface area contributed by atoms with Crippen molar-refractivity contribution in [2.75, 3.05) is 13.1 Å². The predicted molar refractivity (Wildman–Crippen MR) is 106 cm³/mol. The van der Waals surface area contributed by atoms with Crippen molar-refractivity contribution in [2.45, 2.75) is 32.2 Å². The Balaban J connectivity index is 0.00000280. The number of nitro benzene ring substituents is 1.